The van der Waals surface area contributed by atoms with Crippen molar-refractivity contribution in [2.45, 2.75) is 25.9 Å². The predicted octanol–water partition coefficient (Wildman–Crippen LogP) is 2.29. The van der Waals surface area contributed by atoms with Crippen LogP contribution in [0.3, 0.4) is 0 Å². The molecule has 1 aliphatic heterocycles. The van der Waals surface area contributed by atoms with Crippen LogP contribution in [-0.4, -0.2) is 23.0 Å². The minimum absolute atomic E-state index is 0.208. The summed E-state index contributed by atoms with van der Waals surface area (Å²) in [5, 5.41) is 5.27. The van der Waals surface area contributed by atoms with Gasteiger partial charge in [-0.25, -0.2) is 0 Å². The Hall–Kier alpha value is -2.39. The third-order valence-corrected chi connectivity index (χ3v) is 3.00. The molecule has 98 valence electrons. The molecule has 1 aromatic heterocycles. The summed E-state index contributed by atoms with van der Waals surface area (Å²) < 4.78 is 0. The molecule has 0 bridgehead atoms. The van der Waals surface area contributed by atoms with Crippen LogP contribution in [0.2, 0.25) is 0 Å². The fourth-order valence-electron chi connectivity index (χ4n) is 2.22. The van der Waals surface area contributed by atoms with Gasteiger partial charge in [-0.2, -0.15) is 9.59 Å². The van der Waals surface area contributed by atoms with Crippen molar-refractivity contribution >= 4 is 22.8 Å². The fourth-order valence-corrected chi connectivity index (χ4v) is 2.22. The number of aromatic amines is 1. The maximum absolute atomic E-state index is 8.12. The van der Waals surface area contributed by atoms with Crippen LogP contribution in [0.4, 0.5) is 0 Å². The third kappa shape index (κ3) is 3.09. The van der Waals surface area contributed by atoms with Gasteiger partial charge in [-0.3, -0.25) is 0 Å². The summed E-state index contributed by atoms with van der Waals surface area (Å²) in [5.74, 6) is 0. The van der Waals surface area contributed by atoms with E-state index >= 15 is 0 Å². The Kier molecular flexibility index (Phi) is 4.11. The number of aromatic nitrogens is 1. The van der Waals surface area contributed by atoms with Crippen molar-refractivity contribution in [2.24, 2.45) is 5.16 Å². The van der Waals surface area contributed by atoms with Crippen LogP contribution in [-0.2, 0) is 20.8 Å². The SMILES string of the molecule is CC1=NO[C@H](Cc2c[nH]c3ccccc23)C1.O=C=O. The molecule has 1 N–H and O–H groups in total. The number of H-pyrrole nitrogens is 1. The number of benzene rings is 1. The molecule has 1 aromatic carbocycles. The predicted molar refractivity (Wildman–Crippen MR) is 69.6 cm³/mol. The van der Waals surface area contributed by atoms with Gasteiger partial charge >= 0.3 is 6.15 Å². The Balaban J connectivity index is 0.000000408. The van der Waals surface area contributed by atoms with Crippen LogP contribution >= 0.6 is 0 Å². The van der Waals surface area contributed by atoms with Gasteiger partial charge in [-0.1, -0.05) is 23.4 Å². The summed E-state index contributed by atoms with van der Waals surface area (Å²) in [7, 11) is 0. The number of hydrogen-bond donors (Lipinski definition) is 1. The molecule has 0 aliphatic carbocycles. The molecule has 0 spiro atoms. The molecule has 0 fully saturated rings. The van der Waals surface area contributed by atoms with Gasteiger partial charge in [0, 0.05) is 29.9 Å². The van der Waals surface area contributed by atoms with Crippen molar-refractivity contribution < 1.29 is 14.4 Å². The number of para-hydroxylation sites is 1. The summed E-state index contributed by atoms with van der Waals surface area (Å²) in [6.45, 7) is 2.01. The molecule has 19 heavy (non-hydrogen) atoms. The molecular weight excluding hydrogens is 244 g/mol. The molecule has 0 amide bonds. The van der Waals surface area contributed by atoms with Gasteiger partial charge in [-0.05, 0) is 18.6 Å². The van der Waals surface area contributed by atoms with Gasteiger partial charge in [-0.15, -0.1) is 0 Å². The molecule has 0 unspecified atom stereocenters. The lowest BCUT2D eigenvalue weighted by Crippen LogP contribution is -2.10. The molecule has 0 saturated heterocycles. The Morgan fingerprint density at radius 1 is 1.42 bits per heavy atom. The van der Waals surface area contributed by atoms with Crippen LogP contribution < -0.4 is 0 Å². The number of hydrogen-bond acceptors (Lipinski definition) is 4. The first kappa shape index (κ1) is 13.1. The molecule has 1 atom stereocenters. The highest BCUT2D eigenvalue weighted by Gasteiger charge is 2.19. The number of nitrogens with one attached hydrogen (secondary N) is 1. The van der Waals surface area contributed by atoms with Crippen LogP contribution in [0.5, 0.6) is 0 Å². The van der Waals surface area contributed by atoms with E-state index in [0.717, 1.165) is 18.6 Å². The summed E-state index contributed by atoms with van der Waals surface area (Å²) in [5.41, 5.74) is 3.59. The average Bonchev–Trinajstić information content (AvgIpc) is 2.99. The molecular formula is C14H14N2O3. The average molecular weight is 258 g/mol. The van der Waals surface area contributed by atoms with Crippen molar-refractivity contribution in [3.05, 3.63) is 36.0 Å². The number of nitrogens with zero attached hydrogens (tertiary/aromatic N) is 1. The molecule has 0 saturated carbocycles. The number of carbonyl (C=O) groups excluding carboxylic acids is 2. The molecule has 0 radical (unpaired) electrons. The van der Waals surface area contributed by atoms with Gasteiger partial charge in [0.25, 0.3) is 0 Å². The standard InChI is InChI=1S/C13H14N2O.CO2/c1-9-6-11(16-15-9)7-10-8-14-13-5-3-2-4-12(10)13;2-1-3/h2-5,8,11,14H,6-7H2,1H3;/t11-;/m0./s1. The minimum Gasteiger partial charge on any atom is -0.392 e. The Morgan fingerprint density at radius 2 is 2.16 bits per heavy atom. The highest BCUT2D eigenvalue weighted by Crippen LogP contribution is 2.22. The van der Waals surface area contributed by atoms with Crippen molar-refractivity contribution in [3.63, 3.8) is 0 Å². The number of rotatable bonds is 2. The second kappa shape index (κ2) is 5.98. The lowest BCUT2D eigenvalue weighted by Gasteiger charge is -2.06. The topological polar surface area (TPSA) is 71.5 Å². The molecule has 2 heterocycles. The zero-order valence-electron chi connectivity index (χ0n) is 10.6. The van der Waals surface area contributed by atoms with Crippen LogP contribution in [0.15, 0.2) is 35.6 Å². The lowest BCUT2D eigenvalue weighted by molar-refractivity contribution is -0.191. The zero-order valence-corrected chi connectivity index (χ0v) is 10.6. The van der Waals surface area contributed by atoms with Crippen molar-refractivity contribution in [2.75, 3.05) is 0 Å². The van der Waals surface area contributed by atoms with Crippen molar-refractivity contribution in [1.82, 2.24) is 4.98 Å². The van der Waals surface area contributed by atoms with E-state index < -0.39 is 0 Å². The van der Waals surface area contributed by atoms with Gasteiger partial charge in [0.05, 0.1) is 5.71 Å². The Morgan fingerprint density at radius 3 is 2.84 bits per heavy atom. The van der Waals surface area contributed by atoms with Crippen LogP contribution in [0.1, 0.15) is 18.9 Å². The smallest absolute Gasteiger partial charge is 0.373 e. The van der Waals surface area contributed by atoms with Gasteiger partial charge in [0.15, 0.2) is 0 Å². The van der Waals surface area contributed by atoms with E-state index in [1.807, 2.05) is 13.0 Å². The van der Waals surface area contributed by atoms with Crippen LogP contribution in [0, 0.1) is 0 Å². The minimum atomic E-state index is 0.208. The van der Waals surface area contributed by atoms with Gasteiger partial charge in [0.1, 0.15) is 6.10 Å². The maximum atomic E-state index is 8.12. The monoisotopic (exact) mass is 258 g/mol. The van der Waals surface area contributed by atoms with Gasteiger partial charge in [0.2, 0.25) is 0 Å². The highest BCUT2D eigenvalue weighted by molar-refractivity contribution is 5.84. The molecule has 1 aliphatic rings. The van der Waals surface area contributed by atoms with E-state index in [4.69, 9.17) is 14.4 Å². The molecule has 2 aromatic rings. The van der Waals surface area contributed by atoms with E-state index in [1.54, 1.807) is 0 Å². The van der Waals surface area contributed by atoms with Crippen LogP contribution in [0.25, 0.3) is 10.9 Å². The molecule has 3 rings (SSSR count). The first-order valence-electron chi connectivity index (χ1n) is 5.98. The quantitative estimate of drug-likeness (QED) is 0.898. The van der Waals surface area contributed by atoms with Crippen molar-refractivity contribution in [3.8, 4) is 0 Å². The summed E-state index contributed by atoms with van der Waals surface area (Å²) in [6, 6.07) is 8.35. The number of fused-ring (bicyclic) bond motifs is 1. The third-order valence-electron chi connectivity index (χ3n) is 3.00. The number of oxime groups is 1. The Bertz CT molecular complexity index is 624. The normalized spacial score (nSPS) is 17.1. The van der Waals surface area contributed by atoms with Gasteiger partial charge < -0.3 is 9.82 Å². The van der Waals surface area contributed by atoms with E-state index in [1.165, 1.54) is 16.5 Å². The second-order valence-corrected chi connectivity index (χ2v) is 4.41. The highest BCUT2D eigenvalue weighted by atomic mass is 16.6. The van der Waals surface area contributed by atoms with Crippen molar-refractivity contribution in [1.29, 1.82) is 0 Å². The van der Waals surface area contributed by atoms with E-state index in [9.17, 15) is 0 Å². The van der Waals surface area contributed by atoms with E-state index in [0.29, 0.717) is 0 Å². The van der Waals surface area contributed by atoms with E-state index in [2.05, 4.69) is 34.5 Å². The molecule has 5 nitrogen and oxygen atoms in total. The first-order chi connectivity index (χ1) is 9.24. The summed E-state index contributed by atoms with van der Waals surface area (Å²) >= 11 is 0. The fraction of sp³-hybridized carbons (Fsp3) is 0.286. The largest absolute Gasteiger partial charge is 0.392 e. The lowest BCUT2D eigenvalue weighted by atomic mass is 10.0. The summed E-state index contributed by atoms with van der Waals surface area (Å²) in [4.78, 5) is 24.9. The first-order valence-corrected chi connectivity index (χ1v) is 5.98. The summed E-state index contributed by atoms with van der Waals surface area (Å²) in [6.07, 6.45) is 4.39. The molecule has 5 heteroatoms. The van der Waals surface area contributed by atoms with E-state index in [-0.39, 0.29) is 12.3 Å². The maximum Gasteiger partial charge on any atom is 0.373 e. The second-order valence-electron chi connectivity index (χ2n) is 4.41. The zero-order chi connectivity index (χ0) is 13.7. The Labute approximate surface area is 110 Å².